The van der Waals surface area contributed by atoms with E-state index in [2.05, 4.69) is 15.5 Å². The van der Waals surface area contributed by atoms with Crippen LogP contribution < -0.4 is 16.1 Å². The number of carbonyl (C=O) groups is 3. The predicted octanol–water partition coefficient (Wildman–Crippen LogP) is 5.28. The number of rotatable bonds is 11. The van der Waals surface area contributed by atoms with Crippen LogP contribution in [0.3, 0.4) is 0 Å². The molecule has 3 amide bonds. The highest BCUT2D eigenvalue weighted by molar-refractivity contribution is 5.91. The fourth-order valence-corrected chi connectivity index (χ4v) is 7.45. The van der Waals surface area contributed by atoms with E-state index in [1.165, 1.54) is 12.8 Å². The molecule has 5 rings (SSSR count). The van der Waals surface area contributed by atoms with Gasteiger partial charge in [-0.2, -0.15) is 0 Å². The fraction of sp³-hybridized carbons (Fsp3) is 0.595. The van der Waals surface area contributed by atoms with Gasteiger partial charge >= 0.3 is 0 Å². The van der Waals surface area contributed by atoms with E-state index in [1.807, 2.05) is 63.2 Å². The summed E-state index contributed by atoms with van der Waals surface area (Å²) in [5, 5.41) is 24.4. The summed E-state index contributed by atoms with van der Waals surface area (Å²) in [7, 11) is 0. The Morgan fingerprint density at radius 1 is 0.917 bits per heavy atom. The summed E-state index contributed by atoms with van der Waals surface area (Å²) in [6.45, 7) is 6.63. The van der Waals surface area contributed by atoms with Gasteiger partial charge in [-0.05, 0) is 82.1 Å². The smallest absolute Gasteiger partial charge is 0.243 e. The van der Waals surface area contributed by atoms with Crippen molar-refractivity contribution in [3.8, 4) is 0 Å². The van der Waals surface area contributed by atoms with Crippen LogP contribution in [-0.2, 0) is 30.5 Å². The van der Waals surface area contributed by atoms with Gasteiger partial charge in [0.05, 0.1) is 24.9 Å². The van der Waals surface area contributed by atoms with Gasteiger partial charge in [0.25, 0.3) is 0 Å². The Balaban J connectivity index is 1.37. The molecule has 0 unspecified atom stereocenters. The van der Waals surface area contributed by atoms with Crippen molar-refractivity contribution in [2.75, 3.05) is 11.9 Å². The number of aliphatic hydroxyl groups excluding tert-OH is 1. The Bertz CT molecular complexity index is 1390. The molecule has 48 heavy (non-hydrogen) atoms. The van der Waals surface area contributed by atoms with Crippen LogP contribution >= 0.6 is 0 Å². The Morgan fingerprint density at radius 3 is 2.40 bits per heavy atom. The van der Waals surface area contributed by atoms with Crippen molar-refractivity contribution in [2.24, 2.45) is 5.92 Å². The largest absolute Gasteiger partial charge is 0.392 e. The van der Waals surface area contributed by atoms with Crippen molar-refractivity contribution in [3.63, 3.8) is 0 Å². The summed E-state index contributed by atoms with van der Waals surface area (Å²) in [5.41, 5.74) is 4.40. The molecule has 2 aromatic rings. The quantitative estimate of drug-likeness (QED) is 0.161. The molecule has 1 saturated carbocycles. The molecule has 0 bridgehead atoms. The molecular formula is C37H52N4O7. The highest BCUT2D eigenvalue weighted by Crippen LogP contribution is 2.42. The van der Waals surface area contributed by atoms with E-state index in [9.17, 15) is 19.5 Å². The molecule has 1 aliphatic carbocycles. The first-order valence-corrected chi connectivity index (χ1v) is 17.4. The van der Waals surface area contributed by atoms with Crippen LogP contribution in [0.15, 0.2) is 48.5 Å². The molecule has 2 saturated heterocycles. The van der Waals surface area contributed by atoms with Gasteiger partial charge in [-0.3, -0.25) is 24.5 Å². The summed E-state index contributed by atoms with van der Waals surface area (Å²) in [4.78, 5) is 40.0. The standard InChI is InChI=1S/C37H52N4O7/c1-37(2,3)39-35(45)31-19-18-25-8-4-5-11-30(25)41(31)22-29-21-32(26-16-14-24(23-42)15-17-26)48-36(47-29)27-9-6-10-28(20-27)38-33(43)12-7-13-34(44)40-46/h6,9-10,14-17,20,25,29-32,36,42,46H,4-5,7-8,11-13,18-19,21-23H2,1-3H3,(H,38,43)(H,39,45)(H,40,44)/t25-,29-,30-,31-,32+,36+/m1/s1. The zero-order valence-corrected chi connectivity index (χ0v) is 28.5. The SMILES string of the molecule is CC(C)(C)NC(=O)[C@H]1CC[C@H]2CCCC[C@H]2N1C[C@H]1C[C@@H](c2ccc(CO)cc2)O[C@@H](c2cccc(NC(=O)CCCC(=O)NO)c2)O1. The molecule has 6 atom stereocenters. The highest BCUT2D eigenvalue weighted by Gasteiger charge is 2.44. The third-order valence-electron chi connectivity index (χ3n) is 9.71. The van der Waals surface area contributed by atoms with Crippen LogP contribution in [0.25, 0.3) is 0 Å². The maximum Gasteiger partial charge on any atom is 0.243 e. The number of amides is 3. The van der Waals surface area contributed by atoms with Crippen molar-refractivity contribution < 1.29 is 34.2 Å². The van der Waals surface area contributed by atoms with Crippen molar-refractivity contribution in [1.82, 2.24) is 15.7 Å². The molecule has 3 aliphatic rings. The average Bonchev–Trinajstić information content (AvgIpc) is 3.07. The minimum absolute atomic E-state index is 0.0388. The number of likely N-dealkylation sites (tertiary alicyclic amines) is 1. The Hall–Kier alpha value is -3.35. The molecule has 3 fully saturated rings. The van der Waals surface area contributed by atoms with Gasteiger partial charge in [0.15, 0.2) is 6.29 Å². The lowest BCUT2D eigenvalue weighted by Crippen LogP contribution is -2.61. The van der Waals surface area contributed by atoms with Crippen LogP contribution in [0.5, 0.6) is 0 Å². The molecule has 11 nitrogen and oxygen atoms in total. The summed E-state index contributed by atoms with van der Waals surface area (Å²) >= 11 is 0. The number of benzene rings is 2. The maximum atomic E-state index is 13.7. The summed E-state index contributed by atoms with van der Waals surface area (Å²) in [6, 6.07) is 15.3. The van der Waals surface area contributed by atoms with E-state index in [4.69, 9.17) is 14.7 Å². The van der Waals surface area contributed by atoms with E-state index in [-0.39, 0.29) is 55.1 Å². The van der Waals surface area contributed by atoms with Gasteiger partial charge < -0.3 is 25.2 Å². The lowest BCUT2D eigenvalue weighted by atomic mass is 9.75. The Kier molecular flexibility index (Phi) is 12.3. The number of fused-ring (bicyclic) bond motifs is 1. The second-order valence-corrected chi connectivity index (χ2v) is 14.6. The Morgan fingerprint density at radius 2 is 1.67 bits per heavy atom. The number of hydrogen-bond donors (Lipinski definition) is 5. The first-order valence-electron chi connectivity index (χ1n) is 17.4. The van der Waals surface area contributed by atoms with E-state index in [0.29, 0.717) is 37.0 Å². The van der Waals surface area contributed by atoms with Crippen LogP contribution in [0.4, 0.5) is 5.69 Å². The number of nitrogens with one attached hydrogen (secondary N) is 3. The topological polar surface area (TPSA) is 149 Å². The van der Waals surface area contributed by atoms with Crippen molar-refractivity contribution in [1.29, 1.82) is 0 Å². The first kappa shape index (κ1) is 35.9. The fourth-order valence-electron chi connectivity index (χ4n) is 7.45. The van der Waals surface area contributed by atoms with Gasteiger partial charge in [0.1, 0.15) is 0 Å². The second kappa shape index (κ2) is 16.4. The summed E-state index contributed by atoms with van der Waals surface area (Å²) < 4.78 is 13.3. The minimum atomic E-state index is -0.717. The van der Waals surface area contributed by atoms with Crippen molar-refractivity contribution in [2.45, 2.75) is 128 Å². The number of aliphatic hydroxyl groups is 1. The number of ether oxygens (including phenoxy) is 2. The van der Waals surface area contributed by atoms with Gasteiger partial charge in [-0.25, -0.2) is 5.48 Å². The highest BCUT2D eigenvalue weighted by atomic mass is 16.7. The molecule has 2 aliphatic heterocycles. The van der Waals surface area contributed by atoms with Crippen LogP contribution in [0.2, 0.25) is 0 Å². The van der Waals surface area contributed by atoms with E-state index in [1.54, 1.807) is 11.5 Å². The first-order chi connectivity index (χ1) is 23.0. The molecule has 2 heterocycles. The van der Waals surface area contributed by atoms with E-state index >= 15 is 0 Å². The van der Waals surface area contributed by atoms with E-state index in [0.717, 1.165) is 42.4 Å². The number of hydroxylamine groups is 1. The molecule has 0 spiro atoms. The van der Waals surface area contributed by atoms with Gasteiger partial charge in [0.2, 0.25) is 17.7 Å². The summed E-state index contributed by atoms with van der Waals surface area (Å²) in [6.07, 6.45) is 6.42. The maximum absolute atomic E-state index is 13.7. The van der Waals surface area contributed by atoms with E-state index < -0.39 is 12.2 Å². The van der Waals surface area contributed by atoms with Gasteiger partial charge in [0, 0.05) is 48.6 Å². The second-order valence-electron chi connectivity index (χ2n) is 14.6. The van der Waals surface area contributed by atoms with Crippen molar-refractivity contribution >= 4 is 23.4 Å². The number of hydrogen-bond acceptors (Lipinski definition) is 8. The predicted molar refractivity (Wildman–Crippen MR) is 181 cm³/mol. The minimum Gasteiger partial charge on any atom is -0.392 e. The normalized spacial score (nSPS) is 26.3. The molecule has 262 valence electrons. The molecule has 5 N–H and O–H groups in total. The van der Waals surface area contributed by atoms with Gasteiger partial charge in [-0.15, -0.1) is 0 Å². The third kappa shape index (κ3) is 9.63. The van der Waals surface area contributed by atoms with Crippen LogP contribution in [0.1, 0.15) is 114 Å². The number of anilines is 1. The molecule has 0 radical (unpaired) electrons. The molecular weight excluding hydrogens is 612 g/mol. The number of carbonyl (C=O) groups excluding carboxylic acids is 3. The lowest BCUT2D eigenvalue weighted by Gasteiger charge is -2.50. The number of piperidine rings is 1. The van der Waals surface area contributed by atoms with Crippen molar-refractivity contribution in [3.05, 3.63) is 65.2 Å². The monoisotopic (exact) mass is 664 g/mol. The molecule has 11 heteroatoms. The van der Waals surface area contributed by atoms with Crippen LogP contribution in [0, 0.1) is 5.92 Å². The van der Waals surface area contributed by atoms with Crippen LogP contribution in [-0.4, -0.2) is 63.2 Å². The summed E-state index contributed by atoms with van der Waals surface area (Å²) in [5.74, 6) is -0.119. The third-order valence-corrected chi connectivity index (χ3v) is 9.71. The zero-order valence-electron chi connectivity index (χ0n) is 28.5. The van der Waals surface area contributed by atoms with Gasteiger partial charge in [-0.1, -0.05) is 49.2 Å². The Labute approximate surface area is 283 Å². The number of nitrogens with zero attached hydrogens (tertiary/aromatic N) is 1. The average molecular weight is 665 g/mol. The zero-order chi connectivity index (χ0) is 34.3. The lowest BCUT2D eigenvalue weighted by molar-refractivity contribution is -0.255. The molecule has 0 aromatic heterocycles. The molecule has 2 aromatic carbocycles.